The van der Waals surface area contributed by atoms with Crippen LogP contribution < -0.4 is 9.47 Å². The molecule has 154 valence electrons. The topological polar surface area (TPSA) is 78.7 Å². The Morgan fingerprint density at radius 1 is 1.13 bits per heavy atom. The lowest BCUT2D eigenvalue weighted by Gasteiger charge is -2.11. The quantitative estimate of drug-likeness (QED) is 0.191. The lowest BCUT2D eigenvalue weighted by atomic mass is 10.1. The van der Waals surface area contributed by atoms with Crippen LogP contribution in [0.1, 0.15) is 32.6 Å². The molecular formula is C23H21NO5S. The standard InChI is InChI=1S/C23H21NO5S/c1-3-20-10-13-23(30-20)21(25)11-4-16-5-12-22(28-2)17(14-16)15-29-19-8-6-18(7-9-19)24(26)27/h4-14H,3,15H2,1-2H3/b11-4+. The molecule has 0 atom stereocenters. The van der Waals surface area contributed by atoms with Gasteiger partial charge in [-0.1, -0.05) is 19.1 Å². The maximum atomic E-state index is 12.4. The van der Waals surface area contributed by atoms with Crippen molar-refractivity contribution in [3.8, 4) is 11.5 Å². The number of non-ortho nitro benzene ring substituents is 1. The summed E-state index contributed by atoms with van der Waals surface area (Å²) in [5, 5.41) is 10.7. The number of hydrogen-bond acceptors (Lipinski definition) is 6. The number of ketones is 1. The zero-order chi connectivity index (χ0) is 21.5. The zero-order valence-electron chi connectivity index (χ0n) is 16.7. The zero-order valence-corrected chi connectivity index (χ0v) is 17.5. The fourth-order valence-electron chi connectivity index (χ4n) is 2.79. The first-order valence-electron chi connectivity index (χ1n) is 9.35. The Balaban J connectivity index is 1.71. The second kappa shape index (κ2) is 9.84. The number of ether oxygens (including phenoxy) is 2. The molecule has 0 fully saturated rings. The number of allylic oxidation sites excluding steroid dienone is 1. The predicted molar refractivity (Wildman–Crippen MR) is 117 cm³/mol. The van der Waals surface area contributed by atoms with E-state index in [9.17, 15) is 14.9 Å². The molecule has 0 aliphatic carbocycles. The van der Waals surface area contributed by atoms with Gasteiger partial charge in [0.05, 0.1) is 16.9 Å². The summed E-state index contributed by atoms with van der Waals surface area (Å²) >= 11 is 1.51. The summed E-state index contributed by atoms with van der Waals surface area (Å²) < 4.78 is 11.1. The second-order valence-corrected chi connectivity index (χ2v) is 7.60. The summed E-state index contributed by atoms with van der Waals surface area (Å²) in [6.45, 7) is 2.29. The van der Waals surface area contributed by atoms with Crippen LogP contribution in [0.5, 0.6) is 11.5 Å². The highest BCUT2D eigenvalue weighted by atomic mass is 32.1. The summed E-state index contributed by atoms with van der Waals surface area (Å²) in [5.74, 6) is 1.15. The van der Waals surface area contributed by atoms with Gasteiger partial charge in [0.15, 0.2) is 5.78 Å². The molecule has 1 heterocycles. The van der Waals surface area contributed by atoms with Crippen LogP contribution in [-0.2, 0) is 13.0 Å². The smallest absolute Gasteiger partial charge is 0.269 e. The van der Waals surface area contributed by atoms with E-state index in [0.717, 1.165) is 22.4 Å². The van der Waals surface area contributed by atoms with Crippen molar-refractivity contribution in [2.24, 2.45) is 0 Å². The Kier molecular flexibility index (Phi) is 6.98. The number of nitrogens with zero attached hydrogens (tertiary/aromatic N) is 1. The lowest BCUT2D eigenvalue weighted by Crippen LogP contribution is -1.99. The molecule has 0 saturated heterocycles. The number of aryl methyl sites for hydroxylation is 1. The Morgan fingerprint density at radius 3 is 2.53 bits per heavy atom. The molecule has 0 spiro atoms. The number of rotatable bonds is 9. The van der Waals surface area contributed by atoms with Gasteiger partial charge in [-0.15, -0.1) is 11.3 Å². The van der Waals surface area contributed by atoms with Crippen LogP contribution in [0.25, 0.3) is 6.08 Å². The van der Waals surface area contributed by atoms with Crippen molar-refractivity contribution in [1.82, 2.24) is 0 Å². The van der Waals surface area contributed by atoms with Crippen molar-refractivity contribution < 1.29 is 19.2 Å². The molecule has 0 aliphatic heterocycles. The predicted octanol–water partition coefficient (Wildman–Crippen LogP) is 5.70. The lowest BCUT2D eigenvalue weighted by molar-refractivity contribution is -0.384. The summed E-state index contributed by atoms with van der Waals surface area (Å²) in [6, 6.07) is 15.3. The first kappa shape index (κ1) is 21.3. The van der Waals surface area contributed by atoms with Gasteiger partial charge in [-0.25, -0.2) is 0 Å². The highest BCUT2D eigenvalue weighted by Gasteiger charge is 2.09. The van der Waals surface area contributed by atoms with E-state index in [1.807, 2.05) is 30.3 Å². The van der Waals surface area contributed by atoms with E-state index in [2.05, 4.69) is 6.92 Å². The second-order valence-electron chi connectivity index (χ2n) is 6.43. The van der Waals surface area contributed by atoms with E-state index in [0.29, 0.717) is 11.5 Å². The average molecular weight is 423 g/mol. The molecule has 7 heteroatoms. The third kappa shape index (κ3) is 5.33. The minimum Gasteiger partial charge on any atom is -0.496 e. The molecule has 30 heavy (non-hydrogen) atoms. The molecule has 2 aromatic carbocycles. The number of nitro benzene ring substituents is 1. The monoisotopic (exact) mass is 423 g/mol. The minimum atomic E-state index is -0.455. The normalized spacial score (nSPS) is 10.9. The van der Waals surface area contributed by atoms with Gasteiger partial charge in [0.1, 0.15) is 18.1 Å². The van der Waals surface area contributed by atoms with Gasteiger partial charge in [-0.05, 0) is 54.5 Å². The summed E-state index contributed by atoms with van der Waals surface area (Å²) in [7, 11) is 1.58. The van der Waals surface area contributed by atoms with Crippen molar-refractivity contribution >= 4 is 28.9 Å². The van der Waals surface area contributed by atoms with E-state index in [4.69, 9.17) is 9.47 Å². The third-order valence-electron chi connectivity index (χ3n) is 4.43. The van der Waals surface area contributed by atoms with Gasteiger partial charge in [-0.3, -0.25) is 14.9 Å². The number of nitro groups is 1. The highest BCUT2D eigenvalue weighted by Crippen LogP contribution is 2.24. The van der Waals surface area contributed by atoms with Crippen molar-refractivity contribution in [2.75, 3.05) is 7.11 Å². The largest absolute Gasteiger partial charge is 0.496 e. The van der Waals surface area contributed by atoms with E-state index in [-0.39, 0.29) is 18.1 Å². The van der Waals surface area contributed by atoms with Crippen molar-refractivity contribution in [3.05, 3.63) is 91.7 Å². The Hall–Kier alpha value is -3.45. The van der Waals surface area contributed by atoms with Crippen LogP contribution in [0.4, 0.5) is 5.69 Å². The van der Waals surface area contributed by atoms with Crippen LogP contribution in [0, 0.1) is 10.1 Å². The summed E-state index contributed by atoms with van der Waals surface area (Å²) in [6.07, 6.45) is 4.24. The van der Waals surface area contributed by atoms with E-state index in [1.165, 1.54) is 28.3 Å². The number of carbonyl (C=O) groups excluding carboxylic acids is 1. The molecule has 0 radical (unpaired) electrons. The van der Waals surface area contributed by atoms with Gasteiger partial charge >= 0.3 is 0 Å². The molecule has 0 bridgehead atoms. The maximum absolute atomic E-state index is 12.4. The molecule has 3 rings (SSSR count). The van der Waals surface area contributed by atoms with Gasteiger partial charge < -0.3 is 9.47 Å². The molecule has 0 amide bonds. The number of thiophene rings is 1. The molecule has 0 unspecified atom stereocenters. The summed E-state index contributed by atoms with van der Waals surface area (Å²) in [4.78, 5) is 24.6. The number of carbonyl (C=O) groups is 1. The van der Waals surface area contributed by atoms with Crippen molar-refractivity contribution in [2.45, 2.75) is 20.0 Å². The number of methoxy groups -OCH3 is 1. The Bertz CT molecular complexity index is 1070. The van der Waals surface area contributed by atoms with Gasteiger partial charge in [0, 0.05) is 22.6 Å². The van der Waals surface area contributed by atoms with Crippen LogP contribution in [0.2, 0.25) is 0 Å². The SMILES string of the molecule is CCc1ccc(C(=O)/C=C/c2ccc(OC)c(COc3ccc([N+](=O)[O-])cc3)c2)s1. The van der Waals surface area contributed by atoms with Crippen molar-refractivity contribution in [1.29, 1.82) is 0 Å². The molecule has 0 aliphatic rings. The number of hydrogen-bond donors (Lipinski definition) is 0. The molecule has 1 aromatic heterocycles. The van der Waals surface area contributed by atoms with Gasteiger partial charge in [-0.2, -0.15) is 0 Å². The fourth-order valence-corrected chi connectivity index (χ4v) is 3.66. The molecular weight excluding hydrogens is 402 g/mol. The maximum Gasteiger partial charge on any atom is 0.269 e. The first-order valence-corrected chi connectivity index (χ1v) is 10.2. The molecule has 3 aromatic rings. The van der Waals surface area contributed by atoms with Crippen LogP contribution in [0.3, 0.4) is 0 Å². The summed E-state index contributed by atoms with van der Waals surface area (Å²) in [5.41, 5.74) is 1.65. The Labute approximate surface area is 178 Å². The Morgan fingerprint density at radius 2 is 1.90 bits per heavy atom. The molecule has 0 saturated carbocycles. The first-order chi connectivity index (χ1) is 14.5. The number of benzene rings is 2. The van der Waals surface area contributed by atoms with Crippen LogP contribution >= 0.6 is 11.3 Å². The van der Waals surface area contributed by atoms with Gasteiger partial charge in [0.2, 0.25) is 0 Å². The van der Waals surface area contributed by atoms with Crippen LogP contribution in [0.15, 0.2) is 60.7 Å². The average Bonchev–Trinajstić information content (AvgIpc) is 3.26. The van der Waals surface area contributed by atoms with E-state index >= 15 is 0 Å². The van der Waals surface area contributed by atoms with Gasteiger partial charge in [0.25, 0.3) is 5.69 Å². The third-order valence-corrected chi connectivity index (χ3v) is 5.67. The fraction of sp³-hybridized carbons (Fsp3) is 0.174. The molecule has 6 nitrogen and oxygen atoms in total. The van der Waals surface area contributed by atoms with Crippen molar-refractivity contribution in [3.63, 3.8) is 0 Å². The minimum absolute atomic E-state index is 0.00790. The molecule has 0 N–H and O–H groups in total. The van der Waals surface area contributed by atoms with Crippen LogP contribution in [-0.4, -0.2) is 17.8 Å². The van der Waals surface area contributed by atoms with E-state index in [1.54, 1.807) is 31.4 Å². The highest BCUT2D eigenvalue weighted by molar-refractivity contribution is 7.14. The van der Waals surface area contributed by atoms with E-state index < -0.39 is 4.92 Å².